The Balaban J connectivity index is 1.42. The molecule has 1 saturated heterocycles. The molecule has 0 radical (unpaired) electrons. The van der Waals surface area contributed by atoms with Crippen LogP contribution in [0.15, 0.2) is 42.5 Å². The molecule has 0 aromatic heterocycles. The standard InChI is InChI=1S/C20H23NO4/c1-22-18-10-16(11-19-20(18)25-14-24-19)12-21-7-8-23-17(13-21)9-15-5-3-2-4-6-15/h2-6,10-11,17H,7-9,12-14H2,1H3/t17-/m0/s1. The molecule has 25 heavy (non-hydrogen) atoms. The van der Waals surface area contributed by atoms with Crippen molar-refractivity contribution >= 4 is 0 Å². The number of benzene rings is 2. The maximum absolute atomic E-state index is 5.96. The highest BCUT2D eigenvalue weighted by Crippen LogP contribution is 2.42. The third-order valence-corrected chi connectivity index (χ3v) is 4.65. The van der Waals surface area contributed by atoms with E-state index in [0.29, 0.717) is 5.75 Å². The van der Waals surface area contributed by atoms with Gasteiger partial charge in [-0.05, 0) is 29.7 Å². The summed E-state index contributed by atoms with van der Waals surface area (Å²) in [7, 11) is 1.66. The number of hydrogen-bond acceptors (Lipinski definition) is 5. The monoisotopic (exact) mass is 341 g/mol. The largest absolute Gasteiger partial charge is 0.493 e. The molecule has 5 heteroatoms. The van der Waals surface area contributed by atoms with Gasteiger partial charge in [0.25, 0.3) is 0 Å². The molecule has 1 atom stereocenters. The lowest BCUT2D eigenvalue weighted by molar-refractivity contribution is -0.0305. The lowest BCUT2D eigenvalue weighted by Crippen LogP contribution is -2.42. The number of nitrogens with zero attached hydrogens (tertiary/aromatic N) is 1. The topological polar surface area (TPSA) is 40.2 Å². The van der Waals surface area contributed by atoms with Gasteiger partial charge in [0.1, 0.15) is 0 Å². The van der Waals surface area contributed by atoms with Gasteiger partial charge in [0.15, 0.2) is 11.5 Å². The molecule has 0 unspecified atom stereocenters. The quantitative estimate of drug-likeness (QED) is 0.836. The zero-order valence-corrected chi connectivity index (χ0v) is 14.4. The van der Waals surface area contributed by atoms with Gasteiger partial charge in [-0.3, -0.25) is 4.90 Å². The molecular weight excluding hydrogens is 318 g/mol. The summed E-state index contributed by atoms with van der Waals surface area (Å²) in [6.45, 7) is 3.72. The van der Waals surface area contributed by atoms with Crippen LogP contribution in [-0.4, -0.2) is 44.6 Å². The van der Waals surface area contributed by atoms with Gasteiger partial charge in [-0.1, -0.05) is 30.3 Å². The second-order valence-corrected chi connectivity index (χ2v) is 6.45. The molecule has 2 aromatic carbocycles. The minimum Gasteiger partial charge on any atom is -0.493 e. The Labute approximate surface area is 148 Å². The van der Waals surface area contributed by atoms with Crippen molar-refractivity contribution in [3.8, 4) is 17.2 Å². The Morgan fingerprint density at radius 2 is 2.00 bits per heavy atom. The van der Waals surface area contributed by atoms with Gasteiger partial charge < -0.3 is 18.9 Å². The maximum Gasteiger partial charge on any atom is 0.231 e. The van der Waals surface area contributed by atoms with Crippen LogP contribution in [0.2, 0.25) is 0 Å². The van der Waals surface area contributed by atoms with E-state index in [2.05, 4.69) is 29.2 Å². The molecule has 2 aliphatic rings. The molecule has 0 amide bonds. The van der Waals surface area contributed by atoms with E-state index in [1.165, 1.54) is 11.1 Å². The Kier molecular flexibility index (Phi) is 4.76. The van der Waals surface area contributed by atoms with E-state index in [1.807, 2.05) is 18.2 Å². The first-order valence-corrected chi connectivity index (χ1v) is 8.66. The van der Waals surface area contributed by atoms with Crippen molar-refractivity contribution in [2.45, 2.75) is 19.1 Å². The Hall–Kier alpha value is -2.24. The predicted molar refractivity (Wildman–Crippen MR) is 94.3 cm³/mol. The second kappa shape index (κ2) is 7.33. The summed E-state index contributed by atoms with van der Waals surface area (Å²) in [4.78, 5) is 2.42. The summed E-state index contributed by atoms with van der Waals surface area (Å²) in [5.74, 6) is 2.21. The van der Waals surface area contributed by atoms with Crippen molar-refractivity contribution in [2.24, 2.45) is 0 Å². The van der Waals surface area contributed by atoms with Crippen molar-refractivity contribution < 1.29 is 18.9 Å². The van der Waals surface area contributed by atoms with E-state index in [0.717, 1.165) is 44.2 Å². The molecule has 0 N–H and O–H groups in total. The second-order valence-electron chi connectivity index (χ2n) is 6.45. The molecule has 0 bridgehead atoms. The molecule has 2 heterocycles. The summed E-state index contributed by atoms with van der Waals surface area (Å²) >= 11 is 0. The molecule has 0 saturated carbocycles. The molecular formula is C20H23NO4. The zero-order chi connectivity index (χ0) is 17.1. The lowest BCUT2D eigenvalue weighted by Gasteiger charge is -2.33. The van der Waals surface area contributed by atoms with E-state index in [1.54, 1.807) is 7.11 Å². The van der Waals surface area contributed by atoms with Crippen molar-refractivity contribution in [1.82, 2.24) is 4.90 Å². The number of methoxy groups -OCH3 is 1. The van der Waals surface area contributed by atoms with Crippen LogP contribution in [0.3, 0.4) is 0 Å². The van der Waals surface area contributed by atoms with Crippen LogP contribution < -0.4 is 14.2 Å². The van der Waals surface area contributed by atoms with E-state index >= 15 is 0 Å². The first-order valence-electron chi connectivity index (χ1n) is 8.66. The van der Waals surface area contributed by atoms with Crippen molar-refractivity contribution in [1.29, 1.82) is 0 Å². The minimum absolute atomic E-state index is 0.229. The summed E-state index contributed by atoms with van der Waals surface area (Å²) in [5.41, 5.74) is 2.49. The molecule has 1 fully saturated rings. The van der Waals surface area contributed by atoms with E-state index < -0.39 is 0 Å². The SMILES string of the molecule is COc1cc(CN2CCO[C@@H](Cc3ccccc3)C2)cc2c1OCO2. The minimum atomic E-state index is 0.229. The van der Waals surface area contributed by atoms with Crippen molar-refractivity contribution in [3.63, 3.8) is 0 Å². The molecule has 2 aliphatic heterocycles. The van der Waals surface area contributed by atoms with Gasteiger partial charge >= 0.3 is 0 Å². The third kappa shape index (κ3) is 3.72. The van der Waals surface area contributed by atoms with Crippen LogP contribution in [-0.2, 0) is 17.7 Å². The van der Waals surface area contributed by atoms with Gasteiger partial charge in [0.2, 0.25) is 12.5 Å². The first kappa shape index (κ1) is 16.2. The Bertz CT molecular complexity index is 719. The summed E-state index contributed by atoms with van der Waals surface area (Å²) in [6.07, 6.45) is 1.17. The van der Waals surface area contributed by atoms with Crippen molar-refractivity contribution in [3.05, 3.63) is 53.6 Å². The fraction of sp³-hybridized carbons (Fsp3) is 0.400. The molecule has 2 aromatic rings. The van der Waals surface area contributed by atoms with E-state index in [4.69, 9.17) is 18.9 Å². The average Bonchev–Trinajstić information content (AvgIpc) is 3.11. The summed E-state index contributed by atoms with van der Waals surface area (Å²) < 4.78 is 22.4. The normalized spacial score (nSPS) is 19.8. The summed E-state index contributed by atoms with van der Waals surface area (Å²) in [5, 5.41) is 0. The lowest BCUT2D eigenvalue weighted by atomic mass is 10.1. The van der Waals surface area contributed by atoms with Gasteiger partial charge in [-0.25, -0.2) is 0 Å². The van der Waals surface area contributed by atoms with Crippen LogP contribution in [0.25, 0.3) is 0 Å². The molecule has 132 valence electrons. The third-order valence-electron chi connectivity index (χ3n) is 4.65. The fourth-order valence-corrected chi connectivity index (χ4v) is 3.46. The zero-order valence-electron chi connectivity index (χ0n) is 14.4. The molecule has 4 rings (SSSR count). The maximum atomic E-state index is 5.96. The predicted octanol–water partition coefficient (Wildman–Crippen LogP) is 2.87. The molecule has 0 aliphatic carbocycles. The highest BCUT2D eigenvalue weighted by molar-refractivity contribution is 5.55. The highest BCUT2D eigenvalue weighted by Gasteiger charge is 2.24. The van der Waals surface area contributed by atoms with Crippen molar-refractivity contribution in [2.75, 3.05) is 33.6 Å². The van der Waals surface area contributed by atoms with Gasteiger partial charge in [0, 0.05) is 19.6 Å². The number of ether oxygens (including phenoxy) is 4. The smallest absolute Gasteiger partial charge is 0.231 e. The fourth-order valence-electron chi connectivity index (χ4n) is 3.46. The first-order chi connectivity index (χ1) is 12.3. The molecule has 5 nitrogen and oxygen atoms in total. The van der Waals surface area contributed by atoms with Crippen LogP contribution in [0.4, 0.5) is 0 Å². The van der Waals surface area contributed by atoms with Gasteiger partial charge in [0.05, 0.1) is 19.8 Å². The average molecular weight is 341 g/mol. The Morgan fingerprint density at radius 1 is 1.12 bits per heavy atom. The van der Waals surface area contributed by atoms with Crippen LogP contribution >= 0.6 is 0 Å². The summed E-state index contributed by atoms with van der Waals surface area (Å²) in [6, 6.07) is 14.6. The number of morpholine rings is 1. The number of fused-ring (bicyclic) bond motifs is 1. The van der Waals surface area contributed by atoms with Crippen LogP contribution in [0.1, 0.15) is 11.1 Å². The van der Waals surface area contributed by atoms with Gasteiger partial charge in [-0.2, -0.15) is 0 Å². The van der Waals surface area contributed by atoms with E-state index in [-0.39, 0.29) is 12.9 Å². The molecule has 0 spiro atoms. The number of rotatable bonds is 5. The number of hydrogen-bond donors (Lipinski definition) is 0. The van der Waals surface area contributed by atoms with E-state index in [9.17, 15) is 0 Å². The van der Waals surface area contributed by atoms with Gasteiger partial charge in [-0.15, -0.1) is 0 Å². The van der Waals surface area contributed by atoms with Crippen LogP contribution in [0.5, 0.6) is 17.2 Å². The highest BCUT2D eigenvalue weighted by atomic mass is 16.7. The van der Waals surface area contributed by atoms with Crippen LogP contribution in [0, 0.1) is 0 Å². The Morgan fingerprint density at radius 3 is 2.84 bits per heavy atom.